The molecule has 1 rings (SSSR count). The number of hydrogen-bond donors (Lipinski definition) is 4. The molecule has 0 aromatic carbocycles. The summed E-state index contributed by atoms with van der Waals surface area (Å²) in [6.07, 6.45) is -3.77. The minimum Gasteiger partial charge on any atom is -0.388 e. The first-order chi connectivity index (χ1) is 8.40. The van der Waals surface area contributed by atoms with Gasteiger partial charge >= 0.3 is 0 Å². The van der Waals surface area contributed by atoms with Gasteiger partial charge in [-0.3, -0.25) is 9.59 Å². The van der Waals surface area contributed by atoms with Gasteiger partial charge in [-0.1, -0.05) is 6.92 Å². The maximum Gasteiger partial charge on any atom is 0.254 e. The molecule has 4 atom stereocenters. The molecule has 0 bridgehead atoms. The normalized spacial score (nSPS) is 32.5. The van der Waals surface area contributed by atoms with Crippen molar-refractivity contribution >= 4 is 11.8 Å². The molecule has 1 aliphatic rings. The number of hydrogen-bond acceptors (Lipinski definition) is 5. The Morgan fingerprint density at radius 1 is 1.33 bits per heavy atom. The average Bonchev–Trinajstić information content (AvgIpc) is 2.32. The van der Waals surface area contributed by atoms with E-state index in [-0.39, 0.29) is 12.5 Å². The van der Waals surface area contributed by atoms with E-state index in [1.807, 2.05) is 6.92 Å². The van der Waals surface area contributed by atoms with Gasteiger partial charge in [-0.2, -0.15) is 0 Å². The van der Waals surface area contributed by atoms with Crippen molar-refractivity contribution in [3.8, 4) is 0 Å². The van der Waals surface area contributed by atoms with Crippen molar-refractivity contribution in [3.05, 3.63) is 0 Å². The number of piperidine rings is 1. The van der Waals surface area contributed by atoms with E-state index < -0.39 is 30.3 Å². The van der Waals surface area contributed by atoms with Gasteiger partial charge in [-0.25, -0.2) is 0 Å². The molecule has 0 aromatic rings. The molecule has 0 aliphatic carbocycles. The van der Waals surface area contributed by atoms with Crippen molar-refractivity contribution in [1.29, 1.82) is 0 Å². The summed E-state index contributed by atoms with van der Waals surface area (Å²) < 4.78 is 0. The van der Waals surface area contributed by atoms with Gasteiger partial charge in [-0.15, -0.1) is 0 Å². The fourth-order valence-corrected chi connectivity index (χ4v) is 2.07. The minimum atomic E-state index is -1.61. The lowest BCUT2D eigenvalue weighted by Crippen LogP contribution is -2.66. The van der Waals surface area contributed by atoms with E-state index in [4.69, 9.17) is 0 Å². The Hall–Kier alpha value is -1.18. The van der Waals surface area contributed by atoms with Crippen molar-refractivity contribution in [2.24, 2.45) is 0 Å². The van der Waals surface area contributed by atoms with E-state index in [0.29, 0.717) is 13.0 Å². The summed E-state index contributed by atoms with van der Waals surface area (Å²) in [5.74, 6) is -0.906. The third-order valence-electron chi connectivity index (χ3n) is 3.03. The second-order valence-electron chi connectivity index (χ2n) is 4.46. The van der Waals surface area contributed by atoms with Gasteiger partial charge in [0.1, 0.15) is 12.2 Å². The Kier molecular flexibility index (Phi) is 5.06. The highest BCUT2D eigenvalue weighted by atomic mass is 16.4. The first-order valence-electron chi connectivity index (χ1n) is 5.99. The zero-order chi connectivity index (χ0) is 13.9. The Labute approximate surface area is 105 Å². The summed E-state index contributed by atoms with van der Waals surface area (Å²) in [4.78, 5) is 24.0. The molecule has 4 N–H and O–H groups in total. The number of rotatable bonds is 4. The first-order valence-corrected chi connectivity index (χ1v) is 5.99. The van der Waals surface area contributed by atoms with Crippen molar-refractivity contribution in [1.82, 2.24) is 10.2 Å². The van der Waals surface area contributed by atoms with Crippen molar-refractivity contribution in [2.45, 2.75) is 44.6 Å². The molecule has 1 heterocycles. The number of aliphatic hydroxyl groups is 3. The van der Waals surface area contributed by atoms with E-state index in [1.54, 1.807) is 0 Å². The summed E-state index contributed by atoms with van der Waals surface area (Å²) in [7, 11) is 0. The van der Waals surface area contributed by atoms with Crippen LogP contribution < -0.4 is 5.32 Å². The predicted octanol–water partition coefficient (Wildman–Crippen LogP) is -2.17. The van der Waals surface area contributed by atoms with E-state index in [1.165, 1.54) is 11.8 Å². The monoisotopic (exact) mass is 260 g/mol. The standard InChI is InChI=1S/C11H20N2O5/c1-3-4-13-7(5-12-6(2)14)8(15)9(16)10(17)11(13)18/h7-10,15-17H,3-5H2,1-2H3,(H,12,14). The smallest absolute Gasteiger partial charge is 0.254 e. The van der Waals surface area contributed by atoms with E-state index in [2.05, 4.69) is 5.32 Å². The van der Waals surface area contributed by atoms with Crippen LogP contribution in [0.1, 0.15) is 20.3 Å². The van der Waals surface area contributed by atoms with Crippen LogP contribution in [0, 0.1) is 0 Å². The molecule has 1 aliphatic heterocycles. The van der Waals surface area contributed by atoms with Crippen LogP contribution in [0.2, 0.25) is 0 Å². The summed E-state index contributed by atoms with van der Waals surface area (Å²) in [6, 6.07) is -0.722. The number of nitrogens with zero attached hydrogens (tertiary/aromatic N) is 1. The van der Waals surface area contributed by atoms with Gasteiger partial charge in [0.25, 0.3) is 5.91 Å². The lowest BCUT2D eigenvalue weighted by molar-refractivity contribution is -0.175. The van der Waals surface area contributed by atoms with Gasteiger partial charge in [0, 0.05) is 20.0 Å². The van der Waals surface area contributed by atoms with E-state index in [0.717, 1.165) is 0 Å². The van der Waals surface area contributed by atoms with E-state index >= 15 is 0 Å². The van der Waals surface area contributed by atoms with Gasteiger partial charge in [-0.05, 0) is 6.42 Å². The molecule has 4 unspecified atom stereocenters. The van der Waals surface area contributed by atoms with Gasteiger partial charge in [0.15, 0.2) is 6.10 Å². The third-order valence-corrected chi connectivity index (χ3v) is 3.03. The van der Waals surface area contributed by atoms with Crippen LogP contribution in [0.25, 0.3) is 0 Å². The molecule has 0 aromatic heterocycles. The van der Waals surface area contributed by atoms with Crippen molar-refractivity contribution < 1.29 is 24.9 Å². The molecule has 0 spiro atoms. The third kappa shape index (κ3) is 2.98. The first kappa shape index (κ1) is 14.9. The topological polar surface area (TPSA) is 110 Å². The molecule has 18 heavy (non-hydrogen) atoms. The fraction of sp³-hybridized carbons (Fsp3) is 0.818. The van der Waals surface area contributed by atoms with E-state index in [9.17, 15) is 24.9 Å². The van der Waals surface area contributed by atoms with Crippen LogP contribution in [0.3, 0.4) is 0 Å². The molecular weight excluding hydrogens is 240 g/mol. The van der Waals surface area contributed by atoms with Gasteiger partial charge in [0.05, 0.1) is 6.04 Å². The van der Waals surface area contributed by atoms with Gasteiger partial charge in [0.2, 0.25) is 5.91 Å². The molecular formula is C11H20N2O5. The molecule has 1 saturated heterocycles. The summed E-state index contributed by atoms with van der Waals surface area (Å²) in [6.45, 7) is 3.58. The zero-order valence-electron chi connectivity index (χ0n) is 10.5. The minimum absolute atomic E-state index is 0.0476. The van der Waals surface area contributed by atoms with Crippen molar-refractivity contribution in [3.63, 3.8) is 0 Å². The van der Waals surface area contributed by atoms with Crippen LogP contribution in [-0.2, 0) is 9.59 Å². The molecule has 0 radical (unpaired) electrons. The van der Waals surface area contributed by atoms with Crippen LogP contribution in [0.5, 0.6) is 0 Å². The number of carbonyl (C=O) groups is 2. The highest BCUT2D eigenvalue weighted by Gasteiger charge is 2.46. The van der Waals surface area contributed by atoms with Crippen LogP contribution in [0.4, 0.5) is 0 Å². The summed E-state index contributed by atoms with van der Waals surface area (Å²) in [5, 5.41) is 31.5. The highest BCUT2D eigenvalue weighted by molar-refractivity contribution is 5.83. The largest absolute Gasteiger partial charge is 0.388 e. The lowest BCUT2D eigenvalue weighted by atomic mass is 9.93. The maximum absolute atomic E-state index is 11.8. The highest BCUT2D eigenvalue weighted by Crippen LogP contribution is 2.20. The molecule has 2 amide bonds. The lowest BCUT2D eigenvalue weighted by Gasteiger charge is -2.43. The molecule has 7 heteroatoms. The summed E-state index contributed by atoms with van der Waals surface area (Å²) >= 11 is 0. The van der Waals surface area contributed by atoms with Crippen LogP contribution in [-0.4, -0.2) is 69.5 Å². The molecule has 7 nitrogen and oxygen atoms in total. The predicted molar refractivity (Wildman–Crippen MR) is 62.5 cm³/mol. The zero-order valence-corrected chi connectivity index (χ0v) is 10.5. The van der Waals surface area contributed by atoms with Gasteiger partial charge < -0.3 is 25.5 Å². The Morgan fingerprint density at radius 3 is 2.44 bits per heavy atom. The van der Waals surface area contributed by atoms with Crippen LogP contribution in [0.15, 0.2) is 0 Å². The Morgan fingerprint density at radius 2 is 1.94 bits per heavy atom. The average molecular weight is 260 g/mol. The second kappa shape index (κ2) is 6.12. The number of carbonyl (C=O) groups excluding carboxylic acids is 2. The quantitative estimate of drug-likeness (QED) is 0.459. The maximum atomic E-state index is 11.8. The number of likely N-dealkylation sites (tertiary alicyclic amines) is 1. The molecule has 104 valence electrons. The number of amides is 2. The van der Waals surface area contributed by atoms with Crippen LogP contribution >= 0.6 is 0 Å². The second-order valence-corrected chi connectivity index (χ2v) is 4.46. The number of aliphatic hydroxyl groups excluding tert-OH is 3. The molecule has 0 saturated carbocycles. The Bertz CT molecular complexity index is 323. The van der Waals surface area contributed by atoms with Crippen molar-refractivity contribution in [2.75, 3.05) is 13.1 Å². The SMILES string of the molecule is CCCN1C(=O)C(O)C(O)C(O)C1CNC(C)=O. The summed E-state index contributed by atoms with van der Waals surface area (Å²) in [5.41, 5.74) is 0. The molecule has 1 fully saturated rings. The number of nitrogens with one attached hydrogen (secondary N) is 1. The fourth-order valence-electron chi connectivity index (χ4n) is 2.07. The Balaban J connectivity index is 2.85.